The third-order valence-corrected chi connectivity index (χ3v) is 4.74. The van der Waals surface area contributed by atoms with Crippen LogP contribution >= 0.6 is 0 Å². The maximum atomic E-state index is 12.5. The third-order valence-electron chi connectivity index (χ3n) is 4.74. The summed E-state index contributed by atoms with van der Waals surface area (Å²) in [7, 11) is 1.36. The van der Waals surface area contributed by atoms with Crippen molar-refractivity contribution in [3.05, 3.63) is 36.0 Å². The zero-order chi connectivity index (χ0) is 18.0. The highest BCUT2D eigenvalue weighted by Gasteiger charge is 2.33. The molecule has 1 fully saturated rings. The van der Waals surface area contributed by atoms with Crippen LogP contribution in [0.1, 0.15) is 24.4 Å². The van der Waals surface area contributed by atoms with Crippen LogP contribution in [-0.2, 0) is 16.0 Å². The van der Waals surface area contributed by atoms with Gasteiger partial charge >= 0.3 is 12.1 Å². The number of nitrogens with zero attached hydrogens (tertiary/aromatic N) is 2. The van der Waals surface area contributed by atoms with Gasteiger partial charge < -0.3 is 9.30 Å². The van der Waals surface area contributed by atoms with Crippen molar-refractivity contribution in [2.24, 2.45) is 0 Å². The van der Waals surface area contributed by atoms with E-state index in [0.29, 0.717) is 25.9 Å². The van der Waals surface area contributed by atoms with E-state index in [4.69, 9.17) is 4.74 Å². The van der Waals surface area contributed by atoms with Gasteiger partial charge in [-0.15, -0.1) is 0 Å². The summed E-state index contributed by atoms with van der Waals surface area (Å²) in [4.78, 5) is 13.1. The second kappa shape index (κ2) is 7.07. The first kappa shape index (κ1) is 17.8. The van der Waals surface area contributed by atoms with E-state index in [-0.39, 0.29) is 18.4 Å². The molecule has 2 heterocycles. The predicted octanol–water partition coefficient (Wildman–Crippen LogP) is 3.56. The largest absolute Gasteiger partial charge is 0.469 e. The number of methoxy groups -OCH3 is 1. The van der Waals surface area contributed by atoms with Crippen LogP contribution in [0.25, 0.3) is 10.9 Å². The summed E-state index contributed by atoms with van der Waals surface area (Å²) in [5.74, 6) is -0.303. The summed E-state index contributed by atoms with van der Waals surface area (Å²) in [5.41, 5.74) is 1.90. The number of esters is 1. The molecule has 1 aromatic carbocycles. The molecule has 4 nitrogen and oxygen atoms in total. The molecule has 1 aliphatic rings. The number of carbonyl (C=O) groups is 1. The SMILES string of the molecule is COC(=O)Cc1cn(C2CCN(CC(F)(F)F)CC2)c2ccccc12. The lowest BCUT2D eigenvalue weighted by Crippen LogP contribution is -2.40. The van der Waals surface area contributed by atoms with Gasteiger partial charge in [0.1, 0.15) is 0 Å². The Morgan fingerprint density at radius 1 is 1.24 bits per heavy atom. The number of para-hydroxylation sites is 1. The molecule has 25 heavy (non-hydrogen) atoms. The lowest BCUT2D eigenvalue weighted by atomic mass is 10.0. The monoisotopic (exact) mass is 354 g/mol. The number of rotatable bonds is 4. The molecule has 0 bridgehead atoms. The van der Waals surface area contributed by atoms with Crippen LogP contribution in [0.3, 0.4) is 0 Å². The summed E-state index contributed by atoms with van der Waals surface area (Å²) >= 11 is 0. The number of aromatic nitrogens is 1. The Labute approximate surface area is 144 Å². The molecule has 0 saturated carbocycles. The Morgan fingerprint density at radius 3 is 2.56 bits per heavy atom. The number of halogens is 3. The topological polar surface area (TPSA) is 34.5 Å². The zero-order valence-corrected chi connectivity index (χ0v) is 14.1. The molecule has 3 rings (SSSR count). The number of alkyl halides is 3. The molecule has 136 valence electrons. The van der Waals surface area contributed by atoms with E-state index in [9.17, 15) is 18.0 Å². The van der Waals surface area contributed by atoms with Gasteiger partial charge in [-0.2, -0.15) is 13.2 Å². The predicted molar refractivity (Wildman–Crippen MR) is 88.4 cm³/mol. The fraction of sp³-hybridized carbons (Fsp3) is 0.500. The Balaban J connectivity index is 1.79. The van der Waals surface area contributed by atoms with Crippen molar-refractivity contribution in [3.63, 3.8) is 0 Å². The molecule has 0 unspecified atom stereocenters. The minimum atomic E-state index is -4.15. The first-order valence-corrected chi connectivity index (χ1v) is 8.32. The number of ether oxygens (including phenoxy) is 1. The fourth-order valence-electron chi connectivity index (χ4n) is 3.56. The number of hydrogen-bond acceptors (Lipinski definition) is 3. The van der Waals surface area contributed by atoms with Crippen molar-refractivity contribution in [2.45, 2.75) is 31.5 Å². The number of hydrogen-bond donors (Lipinski definition) is 0. The quantitative estimate of drug-likeness (QED) is 0.788. The number of carbonyl (C=O) groups excluding carboxylic acids is 1. The second-order valence-electron chi connectivity index (χ2n) is 6.45. The van der Waals surface area contributed by atoms with Gasteiger partial charge in [-0.1, -0.05) is 18.2 Å². The van der Waals surface area contributed by atoms with Crippen LogP contribution in [0.2, 0.25) is 0 Å². The highest BCUT2D eigenvalue weighted by atomic mass is 19.4. The molecule has 7 heteroatoms. The van der Waals surface area contributed by atoms with E-state index < -0.39 is 12.7 Å². The molecular weight excluding hydrogens is 333 g/mol. The van der Waals surface area contributed by atoms with Gasteiger partial charge in [0.25, 0.3) is 0 Å². The molecule has 0 radical (unpaired) electrons. The highest BCUT2D eigenvalue weighted by molar-refractivity contribution is 5.88. The normalized spacial score (nSPS) is 17.1. The van der Waals surface area contributed by atoms with Gasteiger partial charge in [-0.05, 0) is 24.5 Å². The van der Waals surface area contributed by atoms with Crippen molar-refractivity contribution < 1.29 is 22.7 Å². The fourth-order valence-corrected chi connectivity index (χ4v) is 3.56. The van der Waals surface area contributed by atoms with E-state index in [1.54, 1.807) is 0 Å². The lowest BCUT2D eigenvalue weighted by molar-refractivity contribution is -0.148. The Bertz CT molecular complexity index is 746. The Kier molecular flexibility index (Phi) is 5.03. The third kappa shape index (κ3) is 4.15. The van der Waals surface area contributed by atoms with Crippen LogP contribution in [0.15, 0.2) is 30.5 Å². The second-order valence-corrected chi connectivity index (χ2v) is 6.45. The molecule has 1 saturated heterocycles. The molecule has 0 N–H and O–H groups in total. The van der Waals surface area contributed by atoms with E-state index >= 15 is 0 Å². The minimum absolute atomic E-state index is 0.140. The Hall–Kier alpha value is -2.02. The number of benzene rings is 1. The summed E-state index contributed by atoms with van der Waals surface area (Å²) in [6.45, 7) is -0.00816. The highest BCUT2D eigenvalue weighted by Crippen LogP contribution is 2.31. The average molecular weight is 354 g/mol. The van der Waals surface area contributed by atoms with Gasteiger partial charge in [0.15, 0.2) is 0 Å². The van der Waals surface area contributed by atoms with E-state index in [1.165, 1.54) is 12.0 Å². The van der Waals surface area contributed by atoms with Gasteiger partial charge in [0.05, 0.1) is 20.1 Å². The maximum absolute atomic E-state index is 12.5. The molecule has 2 aromatic rings. The van der Waals surface area contributed by atoms with Crippen molar-refractivity contribution in [2.75, 3.05) is 26.7 Å². The average Bonchev–Trinajstić information content (AvgIpc) is 2.93. The van der Waals surface area contributed by atoms with Crippen molar-refractivity contribution >= 4 is 16.9 Å². The molecule has 1 aliphatic heterocycles. The summed E-state index contributed by atoms with van der Waals surface area (Å²) in [5, 5.41) is 0.991. The smallest absolute Gasteiger partial charge is 0.401 e. The van der Waals surface area contributed by atoms with Crippen molar-refractivity contribution in [1.82, 2.24) is 9.47 Å². The number of likely N-dealkylation sites (tertiary alicyclic amines) is 1. The Morgan fingerprint density at radius 2 is 1.92 bits per heavy atom. The van der Waals surface area contributed by atoms with Crippen molar-refractivity contribution in [1.29, 1.82) is 0 Å². The van der Waals surface area contributed by atoms with Crippen LogP contribution in [-0.4, -0.2) is 48.4 Å². The molecular formula is C18H21F3N2O2. The van der Waals surface area contributed by atoms with Crippen LogP contribution < -0.4 is 0 Å². The summed E-state index contributed by atoms with van der Waals surface area (Å²) in [6, 6.07) is 7.93. The minimum Gasteiger partial charge on any atom is -0.469 e. The summed E-state index contributed by atoms with van der Waals surface area (Å²) in [6.07, 6.45) is -0.692. The van der Waals surface area contributed by atoms with Gasteiger partial charge in [-0.3, -0.25) is 9.69 Å². The zero-order valence-electron chi connectivity index (χ0n) is 14.1. The van der Waals surface area contributed by atoms with E-state index in [1.807, 2.05) is 30.5 Å². The standard InChI is InChI=1S/C18H21F3N2O2/c1-25-17(24)10-13-11-23(16-5-3-2-4-15(13)16)14-6-8-22(9-7-14)12-18(19,20)21/h2-5,11,14H,6-10,12H2,1H3. The molecule has 0 spiro atoms. The molecule has 0 amide bonds. The van der Waals surface area contributed by atoms with Gasteiger partial charge in [0, 0.05) is 36.2 Å². The summed E-state index contributed by atoms with van der Waals surface area (Å²) < 4.78 is 44.5. The van der Waals surface area contributed by atoms with E-state index in [0.717, 1.165) is 16.5 Å². The van der Waals surface area contributed by atoms with E-state index in [2.05, 4.69) is 4.57 Å². The lowest BCUT2D eigenvalue weighted by Gasteiger charge is -2.33. The maximum Gasteiger partial charge on any atom is 0.401 e. The van der Waals surface area contributed by atoms with Gasteiger partial charge in [0.2, 0.25) is 0 Å². The number of piperidine rings is 1. The molecule has 1 aromatic heterocycles. The molecule has 0 atom stereocenters. The van der Waals surface area contributed by atoms with Crippen LogP contribution in [0, 0.1) is 0 Å². The van der Waals surface area contributed by atoms with Gasteiger partial charge in [-0.25, -0.2) is 0 Å². The van der Waals surface area contributed by atoms with Crippen molar-refractivity contribution in [3.8, 4) is 0 Å². The van der Waals surface area contributed by atoms with Crippen LogP contribution in [0.4, 0.5) is 13.2 Å². The van der Waals surface area contributed by atoms with Crippen LogP contribution in [0.5, 0.6) is 0 Å². The first-order valence-electron chi connectivity index (χ1n) is 8.32. The first-order chi connectivity index (χ1) is 11.9. The molecule has 0 aliphatic carbocycles. The number of fused-ring (bicyclic) bond motifs is 1.